The van der Waals surface area contributed by atoms with Crippen molar-refractivity contribution in [2.75, 3.05) is 13.7 Å². The van der Waals surface area contributed by atoms with E-state index in [2.05, 4.69) is 36.4 Å². The van der Waals surface area contributed by atoms with Crippen LogP contribution in [-0.4, -0.2) is 23.9 Å². The summed E-state index contributed by atoms with van der Waals surface area (Å²) in [4.78, 5) is 0. The summed E-state index contributed by atoms with van der Waals surface area (Å²) in [6.45, 7) is 4.91. The molecule has 178 valence electrons. The molecule has 0 saturated heterocycles. The Morgan fingerprint density at radius 1 is 1.03 bits per heavy atom. The van der Waals surface area contributed by atoms with Crippen molar-refractivity contribution in [1.82, 2.24) is 0 Å². The molecule has 0 N–H and O–H groups in total. The number of methoxy groups -OCH3 is 1. The molecule has 0 bridgehead atoms. The van der Waals surface area contributed by atoms with Gasteiger partial charge in [-0.3, -0.25) is 0 Å². The summed E-state index contributed by atoms with van der Waals surface area (Å²) in [5.41, 5.74) is 0.641. The molecular weight excluding hydrogens is 513 g/mol. The Kier molecular flexibility index (Phi) is 12.5. The topological polar surface area (TPSA) is 27.7 Å². The molecule has 3 nitrogen and oxygen atoms in total. The Morgan fingerprint density at radius 2 is 1.77 bits per heavy atom. The van der Waals surface area contributed by atoms with Gasteiger partial charge in [0.25, 0.3) is 0 Å². The van der Waals surface area contributed by atoms with Gasteiger partial charge in [0.2, 0.25) is 11.6 Å². The zero-order valence-corrected chi connectivity index (χ0v) is 21.5. The fourth-order valence-electron chi connectivity index (χ4n) is 4.33. The summed E-state index contributed by atoms with van der Waals surface area (Å²) < 4.78 is 45.7. The third-order valence-corrected chi connectivity index (χ3v) is 7.31. The van der Waals surface area contributed by atoms with E-state index in [1.807, 2.05) is 0 Å². The number of hydrogen-bond donors (Lipinski definition) is 0. The van der Waals surface area contributed by atoms with E-state index in [0.717, 1.165) is 22.7 Å². The third-order valence-electron chi connectivity index (χ3n) is 6.06. The monoisotopic (exact) mass is 552 g/mol. The maximum Gasteiger partial charge on any atom is 0.204 e. The Labute approximate surface area is 200 Å². The Hall–Kier alpha value is -0.630. The average Bonchev–Trinajstić information content (AvgIpc) is 2.76. The van der Waals surface area contributed by atoms with Gasteiger partial charge in [-0.25, -0.2) is 0 Å². The maximum atomic E-state index is 14.4. The Balaban J connectivity index is 1.75. The first-order valence-electron chi connectivity index (χ1n) is 12.0. The highest BCUT2D eigenvalue weighted by Gasteiger charge is 2.27. The Bertz CT molecular complexity index is 656. The molecule has 2 rings (SSSR count). The molecule has 0 amide bonds. The minimum Gasteiger partial charge on any atom is -0.490 e. The smallest absolute Gasteiger partial charge is 0.204 e. The van der Waals surface area contributed by atoms with Crippen LogP contribution in [0.1, 0.15) is 90.0 Å². The average molecular weight is 552 g/mol. The zero-order valence-electron chi connectivity index (χ0n) is 19.4. The van der Waals surface area contributed by atoms with Gasteiger partial charge in [-0.1, -0.05) is 75.0 Å². The van der Waals surface area contributed by atoms with E-state index in [4.69, 9.17) is 14.2 Å². The molecule has 1 heterocycles. The molecule has 0 saturated carbocycles. The molecule has 3 unspecified atom stereocenters. The van der Waals surface area contributed by atoms with E-state index in [0.29, 0.717) is 25.0 Å². The third kappa shape index (κ3) is 8.67. The zero-order chi connectivity index (χ0) is 22.6. The molecule has 0 radical (unpaired) electrons. The van der Waals surface area contributed by atoms with Gasteiger partial charge >= 0.3 is 0 Å². The van der Waals surface area contributed by atoms with Crippen molar-refractivity contribution in [2.45, 2.75) is 101 Å². The standard InChI is InChI=1S/C25H39F2IO3/c1-4-9-18(12-8-13-20(28)10-5-2)11-6-7-16-30-21-17-19-14-15-22(29-3)31-25(19)24(27)23(21)26/h17-18,20,22H,4-16H2,1-3H3. The number of benzene rings is 1. The molecule has 0 fully saturated rings. The van der Waals surface area contributed by atoms with E-state index >= 15 is 0 Å². The van der Waals surface area contributed by atoms with Crippen molar-refractivity contribution in [3.8, 4) is 11.5 Å². The highest BCUT2D eigenvalue weighted by atomic mass is 127. The molecular formula is C25H39F2IO3. The second kappa shape index (κ2) is 14.5. The van der Waals surface area contributed by atoms with Crippen LogP contribution < -0.4 is 9.47 Å². The lowest BCUT2D eigenvalue weighted by atomic mass is 9.91. The highest BCUT2D eigenvalue weighted by Crippen LogP contribution is 2.37. The minimum atomic E-state index is -0.978. The van der Waals surface area contributed by atoms with Gasteiger partial charge < -0.3 is 14.2 Å². The predicted molar refractivity (Wildman–Crippen MR) is 130 cm³/mol. The largest absolute Gasteiger partial charge is 0.490 e. The first kappa shape index (κ1) is 26.6. The highest BCUT2D eigenvalue weighted by molar-refractivity contribution is 14.1. The number of fused-ring (bicyclic) bond motifs is 1. The maximum absolute atomic E-state index is 14.4. The van der Waals surface area contributed by atoms with E-state index in [9.17, 15) is 8.78 Å². The van der Waals surface area contributed by atoms with Gasteiger partial charge in [-0.2, -0.15) is 8.78 Å². The van der Waals surface area contributed by atoms with Gasteiger partial charge in [0.05, 0.1) is 6.61 Å². The molecule has 0 aliphatic carbocycles. The number of rotatable bonds is 15. The fraction of sp³-hybridized carbons (Fsp3) is 0.760. The van der Waals surface area contributed by atoms with Crippen molar-refractivity contribution >= 4 is 22.6 Å². The summed E-state index contributed by atoms with van der Waals surface area (Å²) in [5, 5.41) is 0. The molecule has 6 heteroatoms. The quantitative estimate of drug-likeness (QED) is 0.125. The van der Waals surface area contributed by atoms with Crippen molar-refractivity contribution in [1.29, 1.82) is 0 Å². The number of aryl methyl sites for hydroxylation is 1. The summed E-state index contributed by atoms with van der Waals surface area (Å²) >= 11 is 2.59. The van der Waals surface area contributed by atoms with E-state index in [1.54, 1.807) is 6.07 Å². The van der Waals surface area contributed by atoms with Crippen LogP contribution in [0, 0.1) is 17.6 Å². The number of alkyl halides is 1. The molecule has 0 spiro atoms. The van der Waals surface area contributed by atoms with Gasteiger partial charge in [0.1, 0.15) is 0 Å². The van der Waals surface area contributed by atoms with Gasteiger partial charge in [-0.05, 0) is 44.1 Å². The van der Waals surface area contributed by atoms with Crippen molar-refractivity contribution in [3.05, 3.63) is 23.3 Å². The van der Waals surface area contributed by atoms with Crippen LogP contribution in [-0.2, 0) is 11.2 Å². The van der Waals surface area contributed by atoms with E-state index < -0.39 is 17.9 Å². The molecule has 0 aromatic heterocycles. The molecule has 1 aromatic carbocycles. The number of unbranched alkanes of at least 4 members (excludes halogenated alkanes) is 1. The van der Waals surface area contributed by atoms with Gasteiger partial charge in [0.15, 0.2) is 17.8 Å². The molecule has 1 aromatic rings. The van der Waals surface area contributed by atoms with Crippen LogP contribution in [0.3, 0.4) is 0 Å². The van der Waals surface area contributed by atoms with Crippen molar-refractivity contribution in [3.63, 3.8) is 0 Å². The second-order valence-corrected chi connectivity index (χ2v) is 10.4. The molecule has 1 aliphatic rings. The van der Waals surface area contributed by atoms with Crippen LogP contribution in [0.15, 0.2) is 6.07 Å². The lowest BCUT2D eigenvalue weighted by Gasteiger charge is -2.25. The minimum absolute atomic E-state index is 0.00941. The van der Waals surface area contributed by atoms with Crippen LogP contribution in [0.4, 0.5) is 8.78 Å². The van der Waals surface area contributed by atoms with Gasteiger partial charge in [0, 0.05) is 23.0 Å². The fourth-order valence-corrected chi connectivity index (χ4v) is 5.39. The molecule has 1 aliphatic heterocycles. The number of hydrogen-bond acceptors (Lipinski definition) is 3. The number of ether oxygens (including phenoxy) is 3. The lowest BCUT2D eigenvalue weighted by Crippen LogP contribution is -2.25. The van der Waals surface area contributed by atoms with Crippen LogP contribution in [0.5, 0.6) is 11.5 Å². The SMILES string of the molecule is CCCC(I)CCCC(CCC)CCCCOc1cc2c(c(F)c1F)OC(OC)CC2. The van der Waals surface area contributed by atoms with Crippen LogP contribution in [0.2, 0.25) is 0 Å². The molecule has 3 atom stereocenters. The van der Waals surface area contributed by atoms with Crippen LogP contribution >= 0.6 is 22.6 Å². The second-order valence-electron chi connectivity index (χ2n) is 8.63. The van der Waals surface area contributed by atoms with Crippen molar-refractivity contribution in [2.24, 2.45) is 5.92 Å². The van der Waals surface area contributed by atoms with Gasteiger partial charge in [-0.15, -0.1) is 0 Å². The normalized spacial score (nSPS) is 17.7. The van der Waals surface area contributed by atoms with E-state index in [1.165, 1.54) is 58.5 Å². The summed E-state index contributed by atoms with van der Waals surface area (Å²) in [7, 11) is 1.50. The summed E-state index contributed by atoms with van der Waals surface area (Å²) in [5.74, 6) is -1.24. The summed E-state index contributed by atoms with van der Waals surface area (Å²) in [6.07, 6.45) is 12.7. The van der Waals surface area contributed by atoms with Crippen LogP contribution in [0.25, 0.3) is 0 Å². The first-order valence-corrected chi connectivity index (χ1v) is 13.2. The molecule has 31 heavy (non-hydrogen) atoms. The number of halogens is 3. The predicted octanol–water partition coefficient (Wildman–Crippen LogP) is 8.00. The van der Waals surface area contributed by atoms with Crippen molar-refractivity contribution < 1.29 is 23.0 Å². The van der Waals surface area contributed by atoms with E-state index in [-0.39, 0.29) is 11.5 Å². The summed E-state index contributed by atoms with van der Waals surface area (Å²) in [6, 6.07) is 1.58. The Morgan fingerprint density at radius 3 is 2.48 bits per heavy atom. The first-order chi connectivity index (χ1) is 15.0. The lowest BCUT2D eigenvalue weighted by molar-refractivity contribution is -0.0679.